The predicted octanol–water partition coefficient (Wildman–Crippen LogP) is 9.35. The van der Waals surface area contributed by atoms with Gasteiger partial charge in [-0.1, -0.05) is 88.3 Å². The number of aromatic nitrogens is 2. The third kappa shape index (κ3) is 21.4. The number of thioether (sulfide) groups is 1. The van der Waals surface area contributed by atoms with E-state index in [1.807, 2.05) is 0 Å². The van der Waals surface area contributed by atoms with E-state index in [9.17, 15) is 40.7 Å². The number of nitrogens with zero attached hydrogens (tertiary/aromatic N) is 2. The van der Waals surface area contributed by atoms with Crippen LogP contribution in [0.15, 0.2) is 65.6 Å². The maximum atomic E-state index is 13.2. The highest BCUT2D eigenvalue weighted by molar-refractivity contribution is 8.00. The average molecular weight is 970 g/mol. The lowest BCUT2D eigenvalue weighted by Gasteiger charge is -2.19. The van der Waals surface area contributed by atoms with E-state index in [0.717, 1.165) is 102 Å². The Morgan fingerprint density at radius 1 is 0.746 bits per heavy atom. The zero-order chi connectivity index (χ0) is 48.3. The van der Waals surface area contributed by atoms with Gasteiger partial charge in [0.2, 0.25) is 5.91 Å². The van der Waals surface area contributed by atoms with Crippen LogP contribution in [0, 0.1) is 0 Å². The molecule has 1 fully saturated rings. The first-order valence-electron chi connectivity index (χ1n) is 23.7. The van der Waals surface area contributed by atoms with Crippen molar-refractivity contribution in [2.45, 2.75) is 146 Å². The minimum Gasteiger partial charge on any atom is -0.461 e. The Morgan fingerprint density at radius 2 is 1.28 bits per heavy atom. The number of rotatable bonds is 33. The standard InChI is InChI=1S/C48H69F6N7O5S/c1-2-3-23-40(58-30-18-7-6-16-29-57-33-37-20-11-13-22-39(37)48(52,53)54)45(63)65-34-44-66-43(35-67-44)61-31-25-41(60-46(61)64)59-42(62)24-9-8-17-27-55-26-14-4-5-15-28-56-32-36-19-10-12-21-38(36)47(49,50)51/h10-13,19-22,25,31,40,43-44,55-58H,2-9,14-18,23-24,26-30,32-35H2,1H3,(H,59,60,62,64). The zero-order valence-electron chi connectivity index (χ0n) is 38.6. The monoisotopic (exact) mass is 969 g/mol. The van der Waals surface area contributed by atoms with Gasteiger partial charge in [-0.25, -0.2) is 4.79 Å². The smallest absolute Gasteiger partial charge is 0.416 e. The number of hydrogen-bond donors (Lipinski definition) is 5. The van der Waals surface area contributed by atoms with Gasteiger partial charge in [0.15, 0.2) is 0 Å². The molecule has 3 unspecified atom stereocenters. The summed E-state index contributed by atoms with van der Waals surface area (Å²) < 4.78 is 92.1. The van der Waals surface area contributed by atoms with Gasteiger partial charge in [0.1, 0.15) is 30.1 Å². The fourth-order valence-corrected chi connectivity index (χ4v) is 8.58. The molecular formula is C48H69F6N7O5S. The molecule has 0 spiro atoms. The Morgan fingerprint density at radius 3 is 1.84 bits per heavy atom. The van der Waals surface area contributed by atoms with Crippen molar-refractivity contribution in [1.82, 2.24) is 30.8 Å². The number of amides is 1. The summed E-state index contributed by atoms with van der Waals surface area (Å²) in [6.45, 7) is 6.05. The van der Waals surface area contributed by atoms with Gasteiger partial charge in [-0.2, -0.15) is 31.3 Å². The topological polar surface area (TPSA) is 148 Å². The molecule has 1 aromatic heterocycles. The van der Waals surface area contributed by atoms with Crippen LogP contribution in [0.3, 0.4) is 0 Å². The van der Waals surface area contributed by atoms with Gasteiger partial charge in [-0.15, -0.1) is 11.8 Å². The van der Waals surface area contributed by atoms with E-state index >= 15 is 0 Å². The van der Waals surface area contributed by atoms with Crippen LogP contribution in [0.4, 0.5) is 32.2 Å². The maximum absolute atomic E-state index is 13.2. The molecule has 4 rings (SSSR count). The summed E-state index contributed by atoms with van der Waals surface area (Å²) in [4.78, 5) is 42.5. The third-order valence-electron chi connectivity index (χ3n) is 11.3. The first-order chi connectivity index (χ1) is 32.3. The lowest BCUT2D eigenvalue weighted by atomic mass is 10.1. The van der Waals surface area contributed by atoms with E-state index in [2.05, 4.69) is 38.5 Å². The van der Waals surface area contributed by atoms with Crippen LogP contribution in [-0.4, -0.2) is 78.0 Å². The number of carbonyl (C=O) groups excluding carboxylic acids is 2. The summed E-state index contributed by atoms with van der Waals surface area (Å²) in [5, 5.41) is 15.7. The van der Waals surface area contributed by atoms with Crippen LogP contribution in [0.2, 0.25) is 0 Å². The number of alkyl halides is 6. The molecule has 0 aliphatic carbocycles. The second kappa shape index (κ2) is 30.5. The van der Waals surface area contributed by atoms with E-state index in [0.29, 0.717) is 44.6 Å². The van der Waals surface area contributed by atoms with E-state index < -0.39 is 46.9 Å². The molecule has 0 saturated carbocycles. The molecule has 67 heavy (non-hydrogen) atoms. The molecule has 12 nitrogen and oxygen atoms in total. The molecule has 374 valence electrons. The molecule has 1 aliphatic rings. The second-order valence-corrected chi connectivity index (χ2v) is 17.9. The molecule has 19 heteroatoms. The number of anilines is 1. The van der Waals surface area contributed by atoms with Crippen LogP contribution in [0.1, 0.15) is 132 Å². The van der Waals surface area contributed by atoms with Crippen molar-refractivity contribution in [3.63, 3.8) is 0 Å². The molecule has 0 radical (unpaired) electrons. The van der Waals surface area contributed by atoms with Crippen molar-refractivity contribution in [2.24, 2.45) is 0 Å². The summed E-state index contributed by atoms with van der Waals surface area (Å²) in [7, 11) is 0. The van der Waals surface area contributed by atoms with E-state index in [1.54, 1.807) is 18.2 Å². The van der Waals surface area contributed by atoms with Crippen molar-refractivity contribution in [3.05, 3.63) is 93.5 Å². The third-order valence-corrected chi connectivity index (χ3v) is 12.4. The Hall–Kier alpha value is -4.01. The number of ether oxygens (including phenoxy) is 2. The van der Waals surface area contributed by atoms with Gasteiger partial charge in [-0.3, -0.25) is 14.2 Å². The Bertz CT molecular complexity index is 1960. The van der Waals surface area contributed by atoms with E-state index in [-0.39, 0.29) is 48.5 Å². The molecule has 3 atom stereocenters. The lowest BCUT2D eigenvalue weighted by Crippen LogP contribution is -2.39. The highest BCUT2D eigenvalue weighted by atomic mass is 32.2. The first-order valence-corrected chi connectivity index (χ1v) is 24.8. The van der Waals surface area contributed by atoms with Crippen molar-refractivity contribution < 1.29 is 45.4 Å². The van der Waals surface area contributed by atoms with Crippen LogP contribution in [0.25, 0.3) is 0 Å². The Labute approximate surface area is 394 Å². The summed E-state index contributed by atoms with van der Waals surface area (Å²) in [6.07, 6.45) is 4.80. The van der Waals surface area contributed by atoms with Gasteiger partial charge >= 0.3 is 24.0 Å². The maximum Gasteiger partial charge on any atom is 0.416 e. The van der Waals surface area contributed by atoms with Gasteiger partial charge in [0.05, 0.1) is 11.1 Å². The molecule has 0 bridgehead atoms. The fourth-order valence-electron chi connectivity index (χ4n) is 7.59. The molecule has 1 aliphatic heterocycles. The summed E-state index contributed by atoms with van der Waals surface area (Å²) in [5.74, 6) is 0.0325. The summed E-state index contributed by atoms with van der Waals surface area (Å²) in [5.41, 5.74) is -1.74. The van der Waals surface area contributed by atoms with Crippen LogP contribution in [0.5, 0.6) is 0 Å². The van der Waals surface area contributed by atoms with Crippen molar-refractivity contribution in [1.29, 1.82) is 0 Å². The number of hydrogen-bond acceptors (Lipinski definition) is 11. The van der Waals surface area contributed by atoms with Gasteiger partial charge in [-0.05, 0) is 107 Å². The van der Waals surface area contributed by atoms with Crippen LogP contribution in [-0.2, 0) is 44.5 Å². The molecule has 2 heterocycles. The molecule has 5 N–H and O–H groups in total. The van der Waals surface area contributed by atoms with Crippen molar-refractivity contribution >= 4 is 29.5 Å². The number of benzene rings is 2. The molecule has 3 aromatic rings. The largest absolute Gasteiger partial charge is 0.461 e. The molecule has 2 aromatic carbocycles. The Balaban J connectivity index is 1.00. The highest BCUT2D eigenvalue weighted by Crippen LogP contribution is 2.33. The summed E-state index contributed by atoms with van der Waals surface area (Å²) >= 11 is 1.43. The number of carbonyl (C=O) groups is 2. The molecular weight excluding hydrogens is 901 g/mol. The SMILES string of the molecule is CCCCC(NCCCCCCNCc1ccccc1C(F)(F)F)C(=O)OCC1OC(n2ccc(NC(=O)CCCCCNCCCCCCNCc3ccccc3C(F)(F)F)nc2=O)CS1. The summed E-state index contributed by atoms with van der Waals surface area (Å²) in [6, 6.07) is 12.3. The van der Waals surface area contributed by atoms with Crippen molar-refractivity contribution in [2.75, 3.05) is 50.4 Å². The number of esters is 1. The Kier molecular flexibility index (Phi) is 25.3. The highest BCUT2D eigenvalue weighted by Gasteiger charge is 2.34. The normalized spacial score (nSPS) is 15.7. The average Bonchev–Trinajstić information content (AvgIpc) is 3.77. The van der Waals surface area contributed by atoms with Crippen molar-refractivity contribution in [3.8, 4) is 0 Å². The lowest BCUT2D eigenvalue weighted by molar-refractivity contribution is -0.149. The minimum absolute atomic E-state index is 0.0230. The van der Waals surface area contributed by atoms with E-state index in [1.165, 1.54) is 46.8 Å². The van der Waals surface area contributed by atoms with Gasteiger partial charge in [0, 0.05) is 31.5 Å². The number of unbranched alkanes of at least 4 members (excludes halogenated alkanes) is 9. The van der Waals surface area contributed by atoms with E-state index in [4.69, 9.17) is 9.47 Å². The van der Waals surface area contributed by atoms with Crippen LogP contribution >= 0.6 is 11.8 Å². The number of nitrogens with one attached hydrogen (secondary N) is 5. The molecule has 1 saturated heterocycles. The quantitative estimate of drug-likeness (QED) is 0.0226. The first kappa shape index (κ1) is 55.6. The molecule has 1 amide bonds. The van der Waals surface area contributed by atoms with Crippen LogP contribution < -0.4 is 32.3 Å². The predicted molar refractivity (Wildman–Crippen MR) is 250 cm³/mol. The minimum atomic E-state index is -4.38. The van der Waals surface area contributed by atoms with Gasteiger partial charge in [0.25, 0.3) is 0 Å². The fraction of sp³-hybridized carbons (Fsp3) is 0.625. The number of halogens is 6. The zero-order valence-corrected chi connectivity index (χ0v) is 39.4. The van der Waals surface area contributed by atoms with Gasteiger partial charge < -0.3 is 36.1 Å². The second-order valence-electron chi connectivity index (χ2n) is 16.7.